The van der Waals surface area contributed by atoms with E-state index in [1.807, 2.05) is 0 Å². The number of rotatable bonds is 3. The van der Waals surface area contributed by atoms with Gasteiger partial charge in [-0.25, -0.2) is 4.79 Å². The van der Waals surface area contributed by atoms with E-state index in [2.05, 4.69) is 10.6 Å². The average Bonchev–Trinajstić information content (AvgIpc) is 1.88. The molecule has 10 heavy (non-hydrogen) atoms. The van der Waals surface area contributed by atoms with Gasteiger partial charge in [-0.2, -0.15) is 0 Å². The lowest BCUT2D eigenvalue weighted by Gasteiger charge is -2.05. The first kappa shape index (κ1) is 8.81. The third-order valence-electron chi connectivity index (χ3n) is 1.21. The van der Waals surface area contributed by atoms with Gasteiger partial charge in [0.25, 0.3) is 0 Å². The lowest BCUT2D eigenvalue weighted by molar-refractivity contribution is -0.133. The summed E-state index contributed by atoms with van der Waals surface area (Å²) in [6.07, 6.45) is 0. The number of carboxylic acids is 1. The van der Waals surface area contributed by atoms with Gasteiger partial charge in [0, 0.05) is 19.8 Å². The van der Waals surface area contributed by atoms with E-state index in [1.165, 1.54) is 0 Å². The van der Waals surface area contributed by atoms with E-state index in [0.29, 0.717) is 5.70 Å². The summed E-state index contributed by atoms with van der Waals surface area (Å²) < 4.78 is 0. The first-order valence-electron chi connectivity index (χ1n) is 2.93. The molecule has 0 heterocycles. The maximum atomic E-state index is 10.4. The van der Waals surface area contributed by atoms with Crippen molar-refractivity contribution in [3.63, 3.8) is 0 Å². The van der Waals surface area contributed by atoms with Crippen LogP contribution in [-0.2, 0) is 4.79 Å². The minimum absolute atomic E-state index is 0.197. The quantitative estimate of drug-likeness (QED) is 0.478. The molecule has 0 aromatic heterocycles. The van der Waals surface area contributed by atoms with Crippen molar-refractivity contribution >= 4 is 5.97 Å². The van der Waals surface area contributed by atoms with Crippen LogP contribution in [-0.4, -0.2) is 25.2 Å². The number of likely N-dealkylation sites (N-methyl/N-ethyl adjacent to an activating group) is 1. The number of hydrogen-bond acceptors (Lipinski definition) is 3. The zero-order valence-corrected chi connectivity index (χ0v) is 6.36. The Hall–Kier alpha value is -1.19. The van der Waals surface area contributed by atoms with Gasteiger partial charge in [0.15, 0.2) is 0 Å². The number of allylic oxidation sites excluding steroid dienone is 1. The molecule has 4 heteroatoms. The molecule has 0 aromatic carbocycles. The van der Waals surface area contributed by atoms with E-state index >= 15 is 0 Å². The second-order valence-corrected chi connectivity index (χ2v) is 1.81. The molecule has 0 aliphatic rings. The van der Waals surface area contributed by atoms with Crippen LogP contribution in [0, 0.1) is 0 Å². The van der Waals surface area contributed by atoms with Crippen LogP contribution in [0.25, 0.3) is 0 Å². The zero-order valence-electron chi connectivity index (χ0n) is 6.36. The summed E-state index contributed by atoms with van der Waals surface area (Å²) in [5.41, 5.74) is 0.817. The van der Waals surface area contributed by atoms with E-state index in [0.717, 1.165) is 0 Å². The summed E-state index contributed by atoms with van der Waals surface area (Å²) in [6.45, 7) is 1.69. The monoisotopic (exact) mass is 144 g/mol. The van der Waals surface area contributed by atoms with E-state index in [-0.39, 0.29) is 5.70 Å². The summed E-state index contributed by atoms with van der Waals surface area (Å²) in [4.78, 5) is 10.4. The lowest BCUT2D eigenvalue weighted by atomic mass is 10.3. The van der Waals surface area contributed by atoms with Crippen molar-refractivity contribution in [2.75, 3.05) is 14.1 Å². The van der Waals surface area contributed by atoms with E-state index in [9.17, 15) is 4.79 Å². The number of carbonyl (C=O) groups is 1. The van der Waals surface area contributed by atoms with Gasteiger partial charge in [0.2, 0.25) is 0 Å². The van der Waals surface area contributed by atoms with Crippen LogP contribution in [0.1, 0.15) is 6.92 Å². The normalized spacial score (nSPS) is 11.9. The lowest BCUT2D eigenvalue weighted by Crippen LogP contribution is -2.21. The Bertz CT molecular complexity index is 163. The molecular weight excluding hydrogens is 132 g/mol. The van der Waals surface area contributed by atoms with E-state index in [4.69, 9.17) is 5.11 Å². The van der Waals surface area contributed by atoms with Crippen molar-refractivity contribution < 1.29 is 9.90 Å². The Kier molecular flexibility index (Phi) is 3.32. The fraction of sp³-hybridized carbons (Fsp3) is 0.500. The third-order valence-corrected chi connectivity index (χ3v) is 1.21. The standard InChI is InChI=1S/C6H12N2O2/c1-4(7-2)5(8-3)6(9)10/h7-8H,1-3H3,(H,9,10). The van der Waals surface area contributed by atoms with Crippen molar-refractivity contribution in [1.82, 2.24) is 10.6 Å². The van der Waals surface area contributed by atoms with Crippen LogP contribution in [0.15, 0.2) is 11.4 Å². The zero-order chi connectivity index (χ0) is 8.15. The topological polar surface area (TPSA) is 61.4 Å². The Morgan fingerprint density at radius 2 is 1.80 bits per heavy atom. The Morgan fingerprint density at radius 3 is 1.90 bits per heavy atom. The molecule has 0 saturated carbocycles. The molecule has 4 nitrogen and oxygen atoms in total. The summed E-state index contributed by atoms with van der Waals surface area (Å²) in [5.74, 6) is -0.950. The Balaban J connectivity index is 4.45. The van der Waals surface area contributed by atoms with Gasteiger partial charge in [0.1, 0.15) is 5.70 Å². The SMILES string of the molecule is CNC(C)=C(NC)C(=O)O. The molecule has 58 valence electrons. The summed E-state index contributed by atoms with van der Waals surface area (Å²) in [7, 11) is 3.25. The molecule has 0 atom stereocenters. The minimum Gasteiger partial charge on any atom is -0.477 e. The summed E-state index contributed by atoms with van der Waals surface area (Å²) in [5, 5.41) is 13.8. The predicted molar refractivity (Wildman–Crippen MR) is 38.5 cm³/mol. The van der Waals surface area contributed by atoms with Crippen molar-refractivity contribution in [1.29, 1.82) is 0 Å². The molecule has 0 aromatic rings. The van der Waals surface area contributed by atoms with Crippen LogP contribution in [0.3, 0.4) is 0 Å². The molecule has 0 aliphatic heterocycles. The third kappa shape index (κ3) is 1.97. The molecule has 0 rings (SSSR count). The molecule has 0 aliphatic carbocycles. The Labute approximate surface area is 59.9 Å². The van der Waals surface area contributed by atoms with E-state index < -0.39 is 5.97 Å². The van der Waals surface area contributed by atoms with Gasteiger partial charge >= 0.3 is 5.97 Å². The molecule has 0 saturated heterocycles. The van der Waals surface area contributed by atoms with Gasteiger partial charge in [-0.3, -0.25) is 0 Å². The van der Waals surface area contributed by atoms with Crippen LogP contribution in [0.2, 0.25) is 0 Å². The van der Waals surface area contributed by atoms with Crippen LogP contribution < -0.4 is 10.6 Å². The van der Waals surface area contributed by atoms with Crippen molar-refractivity contribution in [2.45, 2.75) is 6.92 Å². The average molecular weight is 144 g/mol. The minimum atomic E-state index is -0.950. The largest absolute Gasteiger partial charge is 0.477 e. The molecule has 0 spiro atoms. The maximum absolute atomic E-state index is 10.4. The maximum Gasteiger partial charge on any atom is 0.353 e. The number of nitrogens with one attached hydrogen (secondary N) is 2. The van der Waals surface area contributed by atoms with Gasteiger partial charge < -0.3 is 15.7 Å². The van der Waals surface area contributed by atoms with Crippen LogP contribution in [0.4, 0.5) is 0 Å². The van der Waals surface area contributed by atoms with Crippen molar-refractivity contribution in [2.24, 2.45) is 0 Å². The van der Waals surface area contributed by atoms with Crippen LogP contribution in [0.5, 0.6) is 0 Å². The molecule has 0 fully saturated rings. The highest BCUT2D eigenvalue weighted by Crippen LogP contribution is 1.94. The fourth-order valence-electron chi connectivity index (χ4n) is 0.580. The predicted octanol–water partition coefficient (Wildman–Crippen LogP) is -0.259. The first-order valence-corrected chi connectivity index (χ1v) is 2.93. The molecule has 3 N–H and O–H groups in total. The first-order chi connectivity index (χ1) is 4.63. The van der Waals surface area contributed by atoms with Gasteiger partial charge in [-0.05, 0) is 6.92 Å². The van der Waals surface area contributed by atoms with Gasteiger partial charge in [-0.1, -0.05) is 0 Å². The highest BCUT2D eigenvalue weighted by atomic mass is 16.4. The Morgan fingerprint density at radius 1 is 1.30 bits per heavy atom. The number of aliphatic carboxylic acids is 1. The number of carboxylic acid groups (broad SMARTS) is 1. The van der Waals surface area contributed by atoms with Crippen LogP contribution >= 0.6 is 0 Å². The van der Waals surface area contributed by atoms with Crippen molar-refractivity contribution in [3.8, 4) is 0 Å². The molecule has 0 unspecified atom stereocenters. The number of hydrogen-bond donors (Lipinski definition) is 3. The second kappa shape index (κ2) is 3.76. The summed E-state index contributed by atoms with van der Waals surface area (Å²) >= 11 is 0. The van der Waals surface area contributed by atoms with Gasteiger partial charge in [0.05, 0.1) is 0 Å². The molecule has 0 amide bonds. The van der Waals surface area contributed by atoms with Crippen molar-refractivity contribution in [3.05, 3.63) is 11.4 Å². The van der Waals surface area contributed by atoms with Gasteiger partial charge in [-0.15, -0.1) is 0 Å². The summed E-state index contributed by atoms with van der Waals surface area (Å²) in [6, 6.07) is 0. The molecule has 0 radical (unpaired) electrons. The molecule has 0 bridgehead atoms. The fourth-order valence-corrected chi connectivity index (χ4v) is 0.580. The highest BCUT2D eigenvalue weighted by Gasteiger charge is 2.06. The van der Waals surface area contributed by atoms with E-state index in [1.54, 1.807) is 21.0 Å². The second-order valence-electron chi connectivity index (χ2n) is 1.81. The molecular formula is C6H12N2O2. The highest BCUT2D eigenvalue weighted by molar-refractivity contribution is 5.86. The smallest absolute Gasteiger partial charge is 0.353 e.